The van der Waals surface area contributed by atoms with Gasteiger partial charge in [-0.1, -0.05) is 0 Å². The lowest BCUT2D eigenvalue weighted by molar-refractivity contribution is 0.250. The van der Waals surface area contributed by atoms with Crippen molar-refractivity contribution < 1.29 is 9.84 Å². The molecule has 1 aliphatic rings. The minimum Gasteiger partial charge on any atom is -0.492 e. The molecule has 7 heteroatoms. The zero-order valence-electron chi connectivity index (χ0n) is 14.5. The van der Waals surface area contributed by atoms with Gasteiger partial charge in [0.25, 0.3) is 0 Å². The molecule has 0 unspecified atom stereocenters. The third-order valence-corrected chi connectivity index (χ3v) is 3.64. The van der Waals surface area contributed by atoms with Crippen LogP contribution in [0.5, 0.6) is 0 Å². The molecule has 1 aromatic carbocycles. The summed E-state index contributed by atoms with van der Waals surface area (Å²) in [5.74, 6) is 0.474. The van der Waals surface area contributed by atoms with Crippen molar-refractivity contribution >= 4 is 35.2 Å². The molecule has 0 aromatic heterocycles. The summed E-state index contributed by atoms with van der Waals surface area (Å²) < 4.78 is 5.43. The summed E-state index contributed by atoms with van der Waals surface area (Å²) in [7, 11) is 0. The van der Waals surface area contributed by atoms with E-state index in [1.54, 1.807) is 12.2 Å². The van der Waals surface area contributed by atoms with Crippen molar-refractivity contribution in [3.8, 4) is 0 Å². The van der Waals surface area contributed by atoms with Crippen molar-refractivity contribution in [2.45, 2.75) is 13.8 Å². The van der Waals surface area contributed by atoms with E-state index in [1.807, 2.05) is 38.1 Å². The third kappa shape index (κ3) is 5.34. The summed E-state index contributed by atoms with van der Waals surface area (Å²) in [6.07, 6.45) is 3.25. The van der Waals surface area contributed by atoms with Gasteiger partial charge in [-0.15, -0.1) is 12.4 Å². The summed E-state index contributed by atoms with van der Waals surface area (Å²) in [6.45, 7) is 5.95. The van der Waals surface area contributed by atoms with Gasteiger partial charge in [0.05, 0.1) is 36.0 Å². The van der Waals surface area contributed by atoms with Crippen LogP contribution in [0.15, 0.2) is 52.9 Å². The smallest absolute Gasteiger partial charge is 0.146 e. The number of allylic oxidation sites excluding steroid dienone is 2. The topological polar surface area (TPSA) is 94.9 Å². The molecule has 0 saturated heterocycles. The second kappa shape index (κ2) is 9.86. The second-order valence-corrected chi connectivity index (χ2v) is 5.27. The molecule has 2 rings (SSSR count). The third-order valence-electron chi connectivity index (χ3n) is 3.64. The second-order valence-electron chi connectivity index (χ2n) is 5.27. The van der Waals surface area contributed by atoms with Crippen LogP contribution >= 0.6 is 12.4 Å². The SMILES string of the molecule is CCOC1=C/C(=N/c2ccc(N(CC)CCO)cc2)C(N)=CC1=N.Cl. The molecule has 0 fully saturated rings. The van der Waals surface area contributed by atoms with Gasteiger partial charge in [0.2, 0.25) is 0 Å². The highest BCUT2D eigenvalue weighted by molar-refractivity contribution is 6.22. The molecule has 1 aromatic rings. The normalized spacial score (nSPS) is 15.3. The van der Waals surface area contributed by atoms with E-state index >= 15 is 0 Å². The number of rotatable bonds is 7. The number of nitrogens with zero attached hydrogens (tertiary/aromatic N) is 2. The van der Waals surface area contributed by atoms with Crippen LogP contribution in [-0.2, 0) is 4.74 Å². The predicted octanol–water partition coefficient (Wildman–Crippen LogP) is 2.80. The minimum absolute atomic E-state index is 0. The lowest BCUT2D eigenvalue weighted by Gasteiger charge is -2.22. The maximum atomic E-state index is 9.10. The molecule has 1 aliphatic carbocycles. The molecule has 0 radical (unpaired) electrons. The fourth-order valence-corrected chi connectivity index (χ4v) is 2.43. The van der Waals surface area contributed by atoms with Crippen molar-refractivity contribution in [3.05, 3.63) is 47.9 Å². The lowest BCUT2D eigenvalue weighted by Crippen LogP contribution is -2.25. The zero-order valence-corrected chi connectivity index (χ0v) is 15.3. The number of anilines is 1. The zero-order chi connectivity index (χ0) is 17.5. The number of nitrogens with two attached hydrogens (primary N) is 1. The number of hydrogen-bond donors (Lipinski definition) is 3. The van der Waals surface area contributed by atoms with Crippen LogP contribution in [-0.4, -0.2) is 42.8 Å². The van der Waals surface area contributed by atoms with E-state index in [1.165, 1.54) is 0 Å². The van der Waals surface area contributed by atoms with E-state index < -0.39 is 0 Å². The van der Waals surface area contributed by atoms with E-state index in [9.17, 15) is 0 Å². The number of aliphatic hydroxyl groups is 1. The van der Waals surface area contributed by atoms with Crippen LogP contribution in [0.1, 0.15) is 13.8 Å². The minimum atomic E-state index is 0. The van der Waals surface area contributed by atoms with Crippen molar-refractivity contribution in [2.24, 2.45) is 10.7 Å². The van der Waals surface area contributed by atoms with Gasteiger partial charge in [-0.05, 0) is 44.2 Å². The van der Waals surface area contributed by atoms with E-state index in [2.05, 4.69) is 9.89 Å². The number of benzene rings is 1. The fourth-order valence-electron chi connectivity index (χ4n) is 2.43. The van der Waals surface area contributed by atoms with Crippen molar-refractivity contribution in [1.82, 2.24) is 0 Å². The molecule has 25 heavy (non-hydrogen) atoms. The van der Waals surface area contributed by atoms with Gasteiger partial charge in [0.1, 0.15) is 5.76 Å². The molecule has 0 saturated carbocycles. The van der Waals surface area contributed by atoms with Crippen LogP contribution in [0, 0.1) is 5.41 Å². The molecular weight excluding hydrogens is 340 g/mol. The molecule has 6 nitrogen and oxygen atoms in total. The van der Waals surface area contributed by atoms with E-state index in [-0.39, 0.29) is 24.7 Å². The summed E-state index contributed by atoms with van der Waals surface area (Å²) in [4.78, 5) is 6.62. The summed E-state index contributed by atoms with van der Waals surface area (Å²) >= 11 is 0. The first-order chi connectivity index (χ1) is 11.6. The maximum absolute atomic E-state index is 9.10. The number of ether oxygens (including phenoxy) is 1. The van der Waals surface area contributed by atoms with E-state index in [4.69, 9.17) is 21.0 Å². The Morgan fingerprint density at radius 1 is 1.20 bits per heavy atom. The Balaban J connectivity index is 0.00000312. The average Bonchev–Trinajstić information content (AvgIpc) is 2.58. The predicted molar refractivity (Wildman–Crippen MR) is 105 cm³/mol. The summed E-state index contributed by atoms with van der Waals surface area (Å²) in [5.41, 5.74) is 9.07. The molecule has 0 atom stereocenters. The highest BCUT2D eigenvalue weighted by Gasteiger charge is 2.15. The van der Waals surface area contributed by atoms with Gasteiger partial charge in [0, 0.05) is 24.9 Å². The van der Waals surface area contributed by atoms with Crippen LogP contribution < -0.4 is 10.6 Å². The monoisotopic (exact) mass is 364 g/mol. The molecule has 0 bridgehead atoms. The molecule has 0 heterocycles. The van der Waals surface area contributed by atoms with E-state index in [0.717, 1.165) is 17.9 Å². The largest absolute Gasteiger partial charge is 0.492 e. The van der Waals surface area contributed by atoms with Gasteiger partial charge in [-0.2, -0.15) is 0 Å². The highest BCUT2D eigenvalue weighted by Crippen LogP contribution is 2.22. The van der Waals surface area contributed by atoms with Gasteiger partial charge >= 0.3 is 0 Å². The number of nitrogens with one attached hydrogen (secondary N) is 1. The van der Waals surface area contributed by atoms with Gasteiger partial charge in [0.15, 0.2) is 0 Å². The number of hydrogen-bond acceptors (Lipinski definition) is 6. The number of likely N-dealkylation sites (N-methyl/N-ethyl adjacent to an activating group) is 1. The molecule has 136 valence electrons. The Labute approximate surface area is 154 Å². The Kier molecular flexibility index (Phi) is 8.18. The van der Waals surface area contributed by atoms with Crippen molar-refractivity contribution in [2.75, 3.05) is 31.2 Å². The number of aliphatic hydroxyl groups excluding tert-OH is 1. The van der Waals surface area contributed by atoms with Crippen LogP contribution in [0.25, 0.3) is 0 Å². The Hall–Kier alpha value is -2.31. The quantitative estimate of drug-likeness (QED) is 0.648. The van der Waals surface area contributed by atoms with Gasteiger partial charge in [-0.3, -0.25) is 5.41 Å². The first-order valence-electron chi connectivity index (χ1n) is 8.04. The Morgan fingerprint density at radius 3 is 2.44 bits per heavy atom. The molecular formula is C18H25ClN4O2. The molecule has 4 N–H and O–H groups in total. The number of aliphatic imine (C=N–C) groups is 1. The van der Waals surface area contributed by atoms with E-state index in [0.29, 0.717) is 30.3 Å². The van der Waals surface area contributed by atoms with Crippen LogP contribution in [0.4, 0.5) is 11.4 Å². The van der Waals surface area contributed by atoms with Crippen LogP contribution in [0.2, 0.25) is 0 Å². The molecule has 0 spiro atoms. The standard InChI is InChI=1S/C18H24N4O2.ClH/c1-3-22(9-10-23)14-7-5-13(6-8-14)21-17-12-18(24-4-2)16(20)11-15(17)19;/h5-8,11-12,20,23H,3-4,9-10,19H2,1-2H3;1H/b20-16?,21-17-;. The first-order valence-corrected chi connectivity index (χ1v) is 8.04. The fraction of sp³-hybridized carbons (Fsp3) is 0.333. The van der Waals surface area contributed by atoms with Crippen molar-refractivity contribution in [1.29, 1.82) is 5.41 Å². The number of halogens is 1. The molecule has 0 amide bonds. The summed E-state index contributed by atoms with van der Waals surface area (Å²) in [6, 6.07) is 7.75. The maximum Gasteiger partial charge on any atom is 0.146 e. The van der Waals surface area contributed by atoms with Crippen molar-refractivity contribution in [3.63, 3.8) is 0 Å². The van der Waals surface area contributed by atoms with Gasteiger partial charge in [-0.25, -0.2) is 4.99 Å². The van der Waals surface area contributed by atoms with Gasteiger partial charge < -0.3 is 20.5 Å². The highest BCUT2D eigenvalue weighted by atomic mass is 35.5. The first kappa shape index (κ1) is 20.7. The lowest BCUT2D eigenvalue weighted by atomic mass is 10.1. The Bertz CT molecular complexity index is 681. The average molecular weight is 365 g/mol. The Morgan fingerprint density at radius 2 is 1.88 bits per heavy atom. The van der Waals surface area contributed by atoms with Crippen LogP contribution in [0.3, 0.4) is 0 Å². The molecule has 0 aliphatic heterocycles. The summed E-state index contributed by atoms with van der Waals surface area (Å²) in [5, 5.41) is 17.0.